The van der Waals surface area contributed by atoms with Crippen LogP contribution >= 0.6 is 23.4 Å². The van der Waals surface area contributed by atoms with Crippen LogP contribution in [0.2, 0.25) is 5.02 Å². The maximum absolute atomic E-state index is 12.3. The number of nitrogens with zero attached hydrogens (tertiary/aromatic N) is 2. The zero-order valence-corrected chi connectivity index (χ0v) is 13.9. The van der Waals surface area contributed by atoms with Crippen molar-refractivity contribution in [2.24, 2.45) is 7.05 Å². The van der Waals surface area contributed by atoms with Crippen LogP contribution in [-0.4, -0.2) is 15.7 Å². The first-order valence-corrected chi connectivity index (χ1v) is 8.15. The molecule has 0 radical (unpaired) electrons. The molecule has 0 saturated heterocycles. The molecule has 23 heavy (non-hydrogen) atoms. The molecule has 2 aromatic carbocycles. The minimum absolute atomic E-state index is 0.227. The van der Waals surface area contributed by atoms with Crippen molar-refractivity contribution in [1.29, 1.82) is 0 Å². The molecular formula is C17H14ClN3OS. The zero-order valence-electron chi connectivity index (χ0n) is 12.4. The van der Waals surface area contributed by atoms with Crippen LogP contribution in [0.1, 0.15) is 10.5 Å². The van der Waals surface area contributed by atoms with Gasteiger partial charge >= 0.3 is 0 Å². The quantitative estimate of drug-likeness (QED) is 0.759. The minimum atomic E-state index is -0.227. The van der Waals surface area contributed by atoms with Gasteiger partial charge in [0.05, 0.1) is 5.69 Å². The number of nitrogens with one attached hydrogen (secondary N) is 1. The summed E-state index contributed by atoms with van der Waals surface area (Å²) in [5.74, 6) is -0.227. The molecule has 0 unspecified atom stereocenters. The fraction of sp³-hybridized carbons (Fsp3) is 0.0588. The van der Waals surface area contributed by atoms with E-state index in [1.54, 1.807) is 35.8 Å². The van der Waals surface area contributed by atoms with Crippen LogP contribution in [0.3, 0.4) is 0 Å². The smallest absolute Gasteiger partial charge is 0.276 e. The molecule has 0 bridgehead atoms. The monoisotopic (exact) mass is 343 g/mol. The van der Waals surface area contributed by atoms with Crippen LogP contribution in [0.5, 0.6) is 0 Å². The average Bonchev–Trinajstić information content (AvgIpc) is 2.98. The number of carbonyl (C=O) groups is 1. The van der Waals surface area contributed by atoms with E-state index in [0.717, 1.165) is 15.5 Å². The molecule has 1 amide bonds. The van der Waals surface area contributed by atoms with Crippen molar-refractivity contribution in [2.75, 3.05) is 5.32 Å². The zero-order chi connectivity index (χ0) is 16.2. The van der Waals surface area contributed by atoms with E-state index >= 15 is 0 Å². The molecule has 116 valence electrons. The van der Waals surface area contributed by atoms with E-state index in [1.807, 2.05) is 48.5 Å². The molecule has 4 nitrogen and oxygen atoms in total. The number of benzene rings is 2. The summed E-state index contributed by atoms with van der Waals surface area (Å²) in [5, 5.41) is 7.72. The van der Waals surface area contributed by atoms with Gasteiger partial charge in [0.25, 0.3) is 5.91 Å². The van der Waals surface area contributed by atoms with Crippen molar-refractivity contribution in [1.82, 2.24) is 9.78 Å². The number of carbonyl (C=O) groups excluding carboxylic acids is 1. The highest BCUT2D eigenvalue weighted by molar-refractivity contribution is 7.99. The number of hydrogen-bond donors (Lipinski definition) is 1. The molecule has 0 aliphatic carbocycles. The molecule has 1 N–H and O–H groups in total. The predicted molar refractivity (Wildman–Crippen MR) is 93.2 cm³/mol. The molecular weight excluding hydrogens is 330 g/mol. The summed E-state index contributed by atoms with van der Waals surface area (Å²) >= 11 is 7.48. The molecule has 0 fully saturated rings. The topological polar surface area (TPSA) is 46.9 Å². The lowest BCUT2D eigenvalue weighted by Crippen LogP contribution is -2.13. The predicted octanol–water partition coefficient (Wildman–Crippen LogP) is 4.48. The second-order valence-corrected chi connectivity index (χ2v) is 6.43. The van der Waals surface area contributed by atoms with Gasteiger partial charge in [0.2, 0.25) is 0 Å². The normalized spacial score (nSPS) is 10.5. The third-order valence-corrected chi connectivity index (χ3v) is 4.46. The van der Waals surface area contributed by atoms with Crippen LogP contribution in [-0.2, 0) is 7.05 Å². The van der Waals surface area contributed by atoms with Crippen LogP contribution in [0.15, 0.2) is 70.6 Å². The molecule has 3 rings (SSSR count). The molecule has 0 aliphatic rings. The summed E-state index contributed by atoms with van der Waals surface area (Å²) in [5.41, 5.74) is 1.14. The van der Waals surface area contributed by atoms with Crippen molar-refractivity contribution in [3.05, 3.63) is 71.5 Å². The van der Waals surface area contributed by atoms with E-state index in [-0.39, 0.29) is 5.91 Å². The molecule has 6 heteroatoms. The number of halogens is 1. The minimum Gasteiger partial charge on any atom is -0.320 e. The highest BCUT2D eigenvalue weighted by Crippen LogP contribution is 2.34. The second kappa shape index (κ2) is 6.89. The van der Waals surface area contributed by atoms with Crippen molar-refractivity contribution in [3.8, 4) is 0 Å². The lowest BCUT2D eigenvalue weighted by Gasteiger charge is -2.10. The Morgan fingerprint density at radius 1 is 1.13 bits per heavy atom. The fourth-order valence-corrected chi connectivity index (χ4v) is 3.04. The SMILES string of the molecule is Cn1ccc(C(=O)Nc2ccccc2Sc2ccc(Cl)cc2)n1. The van der Waals surface area contributed by atoms with Gasteiger partial charge in [0.15, 0.2) is 5.69 Å². The van der Waals surface area contributed by atoms with Gasteiger partial charge in [-0.3, -0.25) is 9.48 Å². The number of hydrogen-bond acceptors (Lipinski definition) is 3. The van der Waals surface area contributed by atoms with Gasteiger partial charge in [-0.05, 0) is 42.5 Å². The number of para-hydroxylation sites is 1. The molecule has 1 heterocycles. The van der Waals surface area contributed by atoms with Crippen molar-refractivity contribution >= 4 is 35.0 Å². The number of anilines is 1. The molecule has 0 spiro atoms. The van der Waals surface area contributed by atoms with E-state index < -0.39 is 0 Å². The van der Waals surface area contributed by atoms with E-state index in [2.05, 4.69) is 10.4 Å². The first kappa shape index (κ1) is 15.6. The third-order valence-electron chi connectivity index (χ3n) is 3.12. The van der Waals surface area contributed by atoms with Crippen molar-refractivity contribution < 1.29 is 4.79 Å². The lowest BCUT2D eigenvalue weighted by molar-refractivity contribution is 0.102. The highest BCUT2D eigenvalue weighted by atomic mass is 35.5. The van der Waals surface area contributed by atoms with Gasteiger partial charge in [-0.1, -0.05) is 35.5 Å². The van der Waals surface area contributed by atoms with Gasteiger partial charge in [0.1, 0.15) is 0 Å². The standard InChI is InChI=1S/C17H14ClN3OS/c1-21-11-10-15(20-21)17(22)19-14-4-2-3-5-16(14)23-13-8-6-12(18)7-9-13/h2-11H,1H3,(H,19,22). The van der Waals surface area contributed by atoms with Gasteiger partial charge in [-0.15, -0.1) is 0 Å². The van der Waals surface area contributed by atoms with E-state index in [0.29, 0.717) is 10.7 Å². The van der Waals surface area contributed by atoms with Crippen LogP contribution < -0.4 is 5.32 Å². The van der Waals surface area contributed by atoms with Gasteiger partial charge in [-0.2, -0.15) is 5.10 Å². The van der Waals surface area contributed by atoms with E-state index in [1.165, 1.54) is 0 Å². The van der Waals surface area contributed by atoms with E-state index in [9.17, 15) is 4.79 Å². The van der Waals surface area contributed by atoms with Gasteiger partial charge < -0.3 is 5.32 Å². The Morgan fingerprint density at radius 3 is 2.57 bits per heavy atom. The molecule has 1 aromatic heterocycles. The Morgan fingerprint density at radius 2 is 1.87 bits per heavy atom. The first-order chi connectivity index (χ1) is 11.1. The Hall–Kier alpha value is -2.24. The van der Waals surface area contributed by atoms with Gasteiger partial charge in [0, 0.05) is 28.1 Å². The van der Waals surface area contributed by atoms with Crippen LogP contribution in [0.4, 0.5) is 5.69 Å². The Kier molecular flexibility index (Phi) is 4.69. The van der Waals surface area contributed by atoms with Crippen LogP contribution in [0, 0.1) is 0 Å². The van der Waals surface area contributed by atoms with Gasteiger partial charge in [-0.25, -0.2) is 0 Å². The summed E-state index contributed by atoms with van der Waals surface area (Å²) in [6.07, 6.45) is 1.74. The Balaban J connectivity index is 1.80. The molecule has 0 aliphatic heterocycles. The molecule has 0 atom stereocenters. The summed E-state index contributed by atoms with van der Waals surface area (Å²) in [4.78, 5) is 14.3. The maximum atomic E-state index is 12.3. The first-order valence-electron chi connectivity index (χ1n) is 6.95. The third kappa shape index (κ3) is 3.94. The Labute approximate surface area is 143 Å². The highest BCUT2D eigenvalue weighted by Gasteiger charge is 2.12. The summed E-state index contributed by atoms with van der Waals surface area (Å²) in [6.45, 7) is 0. The lowest BCUT2D eigenvalue weighted by atomic mass is 10.3. The number of rotatable bonds is 4. The van der Waals surface area contributed by atoms with Crippen molar-refractivity contribution in [2.45, 2.75) is 9.79 Å². The summed E-state index contributed by atoms with van der Waals surface area (Å²) < 4.78 is 1.60. The largest absolute Gasteiger partial charge is 0.320 e. The number of aryl methyl sites for hydroxylation is 1. The fourth-order valence-electron chi connectivity index (χ4n) is 2.01. The second-order valence-electron chi connectivity index (χ2n) is 4.88. The van der Waals surface area contributed by atoms with E-state index in [4.69, 9.17) is 11.6 Å². The molecule has 0 saturated carbocycles. The number of amides is 1. The van der Waals surface area contributed by atoms with Crippen molar-refractivity contribution in [3.63, 3.8) is 0 Å². The van der Waals surface area contributed by atoms with Crippen LogP contribution in [0.25, 0.3) is 0 Å². The maximum Gasteiger partial charge on any atom is 0.276 e. The number of aromatic nitrogens is 2. The average molecular weight is 344 g/mol. The molecule has 3 aromatic rings. The Bertz CT molecular complexity index is 830. The summed E-state index contributed by atoms with van der Waals surface area (Å²) in [6, 6.07) is 16.9. The summed E-state index contributed by atoms with van der Waals surface area (Å²) in [7, 11) is 1.78.